The third-order valence-electron chi connectivity index (χ3n) is 1.82. The van der Waals surface area contributed by atoms with Crippen molar-refractivity contribution in [3.63, 3.8) is 0 Å². The lowest BCUT2D eigenvalue weighted by Gasteiger charge is -2.14. The molecular formula is C7H14F2N2. The summed E-state index contributed by atoms with van der Waals surface area (Å²) in [6.45, 7) is 2.46. The minimum Gasteiger partial charge on any atom is -0.315 e. The van der Waals surface area contributed by atoms with Gasteiger partial charge in [0.1, 0.15) is 0 Å². The SMILES string of the molecule is FC(F)CC1CNCCCN1. The van der Waals surface area contributed by atoms with Gasteiger partial charge in [0, 0.05) is 19.0 Å². The van der Waals surface area contributed by atoms with Gasteiger partial charge in [-0.25, -0.2) is 8.78 Å². The number of alkyl halides is 2. The van der Waals surface area contributed by atoms with Gasteiger partial charge in [0.25, 0.3) is 0 Å². The molecule has 1 fully saturated rings. The molecule has 0 spiro atoms. The fourth-order valence-electron chi connectivity index (χ4n) is 1.25. The molecule has 1 aliphatic heterocycles. The predicted octanol–water partition coefficient (Wildman–Crippen LogP) is 0.593. The van der Waals surface area contributed by atoms with E-state index in [4.69, 9.17) is 0 Å². The van der Waals surface area contributed by atoms with E-state index >= 15 is 0 Å². The molecule has 0 bridgehead atoms. The van der Waals surface area contributed by atoms with Crippen LogP contribution < -0.4 is 10.6 Å². The van der Waals surface area contributed by atoms with E-state index in [-0.39, 0.29) is 12.5 Å². The molecule has 0 amide bonds. The zero-order valence-electron chi connectivity index (χ0n) is 6.45. The Morgan fingerprint density at radius 2 is 2.18 bits per heavy atom. The summed E-state index contributed by atoms with van der Waals surface area (Å²) in [5.74, 6) is 0. The van der Waals surface area contributed by atoms with E-state index in [1.165, 1.54) is 0 Å². The van der Waals surface area contributed by atoms with Gasteiger partial charge in [0.2, 0.25) is 6.43 Å². The Morgan fingerprint density at radius 1 is 1.36 bits per heavy atom. The number of halogens is 2. The van der Waals surface area contributed by atoms with Crippen LogP contribution in [-0.2, 0) is 0 Å². The Balaban J connectivity index is 2.20. The van der Waals surface area contributed by atoms with E-state index in [0.717, 1.165) is 19.5 Å². The van der Waals surface area contributed by atoms with Crippen LogP contribution in [0.4, 0.5) is 8.78 Å². The minimum absolute atomic E-state index is 0.0347. The van der Waals surface area contributed by atoms with Gasteiger partial charge in [-0.15, -0.1) is 0 Å². The summed E-state index contributed by atoms with van der Waals surface area (Å²) in [7, 11) is 0. The first kappa shape index (κ1) is 8.87. The molecule has 1 unspecified atom stereocenters. The van der Waals surface area contributed by atoms with Gasteiger partial charge in [-0.05, 0) is 19.5 Å². The fraction of sp³-hybridized carbons (Fsp3) is 1.00. The minimum atomic E-state index is -2.19. The second-order valence-electron chi connectivity index (χ2n) is 2.84. The van der Waals surface area contributed by atoms with Gasteiger partial charge in [0.15, 0.2) is 0 Å². The molecule has 0 aromatic heterocycles. The summed E-state index contributed by atoms with van der Waals surface area (Å²) in [5, 5.41) is 6.18. The molecule has 0 aromatic carbocycles. The zero-order valence-corrected chi connectivity index (χ0v) is 6.45. The molecule has 11 heavy (non-hydrogen) atoms. The lowest BCUT2D eigenvalue weighted by Crippen LogP contribution is -2.36. The van der Waals surface area contributed by atoms with Crippen molar-refractivity contribution in [2.75, 3.05) is 19.6 Å². The van der Waals surface area contributed by atoms with Crippen molar-refractivity contribution >= 4 is 0 Å². The summed E-state index contributed by atoms with van der Waals surface area (Å²) < 4.78 is 23.8. The first-order chi connectivity index (χ1) is 5.29. The standard InChI is InChI=1S/C7H14F2N2/c8-7(9)4-6-5-10-2-1-3-11-6/h6-7,10-11H,1-5H2. The first-order valence-electron chi connectivity index (χ1n) is 4.01. The van der Waals surface area contributed by atoms with Gasteiger partial charge < -0.3 is 10.6 Å². The highest BCUT2D eigenvalue weighted by Crippen LogP contribution is 2.04. The van der Waals surface area contributed by atoms with E-state index in [2.05, 4.69) is 10.6 Å². The third-order valence-corrected chi connectivity index (χ3v) is 1.82. The van der Waals surface area contributed by atoms with Gasteiger partial charge >= 0.3 is 0 Å². The summed E-state index contributed by atoms with van der Waals surface area (Å²) in [6.07, 6.45) is -1.19. The van der Waals surface area contributed by atoms with E-state index in [9.17, 15) is 8.78 Å². The quantitative estimate of drug-likeness (QED) is 0.624. The van der Waals surface area contributed by atoms with Gasteiger partial charge in [0.05, 0.1) is 0 Å². The maximum absolute atomic E-state index is 11.9. The van der Waals surface area contributed by atoms with Crippen LogP contribution in [0.1, 0.15) is 12.8 Å². The Kier molecular flexibility index (Phi) is 3.72. The van der Waals surface area contributed by atoms with Crippen LogP contribution in [0.25, 0.3) is 0 Å². The van der Waals surface area contributed by atoms with E-state index in [1.54, 1.807) is 0 Å². The number of nitrogens with one attached hydrogen (secondary N) is 2. The molecule has 1 heterocycles. The van der Waals surface area contributed by atoms with Crippen LogP contribution in [0, 0.1) is 0 Å². The van der Waals surface area contributed by atoms with Crippen LogP contribution in [0.3, 0.4) is 0 Å². The number of hydrogen-bond donors (Lipinski definition) is 2. The second kappa shape index (κ2) is 4.62. The van der Waals surface area contributed by atoms with Crippen molar-refractivity contribution in [2.24, 2.45) is 0 Å². The van der Waals surface area contributed by atoms with Gasteiger partial charge in [-0.2, -0.15) is 0 Å². The molecule has 66 valence electrons. The highest BCUT2D eigenvalue weighted by atomic mass is 19.3. The molecule has 2 N–H and O–H groups in total. The van der Waals surface area contributed by atoms with Crippen molar-refractivity contribution < 1.29 is 8.78 Å². The average Bonchev–Trinajstić information content (AvgIpc) is 2.14. The highest BCUT2D eigenvalue weighted by Gasteiger charge is 2.15. The topological polar surface area (TPSA) is 24.1 Å². The molecule has 4 heteroatoms. The fourth-order valence-corrected chi connectivity index (χ4v) is 1.25. The molecular weight excluding hydrogens is 150 g/mol. The molecule has 1 atom stereocenters. The molecule has 0 saturated carbocycles. The molecule has 1 rings (SSSR count). The van der Waals surface area contributed by atoms with Gasteiger partial charge in [-0.1, -0.05) is 0 Å². The highest BCUT2D eigenvalue weighted by molar-refractivity contribution is 4.73. The zero-order chi connectivity index (χ0) is 8.10. The maximum atomic E-state index is 11.9. The third kappa shape index (κ3) is 3.62. The molecule has 1 aliphatic rings. The van der Waals surface area contributed by atoms with E-state index in [0.29, 0.717) is 6.54 Å². The normalized spacial score (nSPS) is 27.0. The molecule has 0 aromatic rings. The summed E-state index contributed by atoms with van der Waals surface area (Å²) in [6, 6.07) is -0.0440. The molecule has 1 saturated heterocycles. The lowest BCUT2D eigenvalue weighted by atomic mass is 10.2. The van der Waals surface area contributed by atoms with Crippen LogP contribution >= 0.6 is 0 Å². The van der Waals surface area contributed by atoms with Crippen molar-refractivity contribution in [3.8, 4) is 0 Å². The second-order valence-corrected chi connectivity index (χ2v) is 2.84. The Labute approximate surface area is 65.4 Å². The first-order valence-corrected chi connectivity index (χ1v) is 4.01. The summed E-state index contributed by atoms with van der Waals surface area (Å²) >= 11 is 0. The predicted molar refractivity (Wildman–Crippen MR) is 39.9 cm³/mol. The lowest BCUT2D eigenvalue weighted by molar-refractivity contribution is 0.123. The Morgan fingerprint density at radius 3 is 2.91 bits per heavy atom. The molecule has 2 nitrogen and oxygen atoms in total. The maximum Gasteiger partial charge on any atom is 0.240 e. The van der Waals surface area contributed by atoms with Crippen molar-refractivity contribution in [3.05, 3.63) is 0 Å². The van der Waals surface area contributed by atoms with Gasteiger partial charge in [-0.3, -0.25) is 0 Å². The monoisotopic (exact) mass is 164 g/mol. The number of hydrogen-bond acceptors (Lipinski definition) is 2. The average molecular weight is 164 g/mol. The summed E-state index contributed by atoms with van der Waals surface area (Å²) in [5.41, 5.74) is 0. The number of rotatable bonds is 2. The van der Waals surface area contributed by atoms with Crippen LogP contribution in [0.15, 0.2) is 0 Å². The Hall–Kier alpha value is -0.220. The van der Waals surface area contributed by atoms with Crippen LogP contribution in [0.2, 0.25) is 0 Å². The smallest absolute Gasteiger partial charge is 0.240 e. The Bertz CT molecular complexity index is 101. The van der Waals surface area contributed by atoms with Crippen molar-refractivity contribution in [1.29, 1.82) is 0 Å². The van der Waals surface area contributed by atoms with Crippen molar-refractivity contribution in [1.82, 2.24) is 10.6 Å². The van der Waals surface area contributed by atoms with Crippen LogP contribution in [-0.4, -0.2) is 32.1 Å². The van der Waals surface area contributed by atoms with E-state index < -0.39 is 6.43 Å². The van der Waals surface area contributed by atoms with Crippen LogP contribution in [0.5, 0.6) is 0 Å². The molecule has 0 aliphatic carbocycles. The van der Waals surface area contributed by atoms with E-state index in [1.807, 2.05) is 0 Å². The summed E-state index contributed by atoms with van der Waals surface area (Å²) in [4.78, 5) is 0. The van der Waals surface area contributed by atoms with Crippen molar-refractivity contribution in [2.45, 2.75) is 25.3 Å². The molecule has 0 radical (unpaired) electrons. The largest absolute Gasteiger partial charge is 0.315 e.